The van der Waals surface area contributed by atoms with Crippen molar-refractivity contribution in [1.29, 1.82) is 0 Å². The molecule has 4 rings (SSSR count). The second kappa shape index (κ2) is 10.6. The average molecular weight is 501 g/mol. The summed E-state index contributed by atoms with van der Waals surface area (Å²) in [7, 11) is -0.318. The number of benzene rings is 1. The molecule has 12 nitrogen and oxygen atoms in total. The van der Waals surface area contributed by atoms with Crippen LogP contribution in [0.5, 0.6) is 5.88 Å². The van der Waals surface area contributed by atoms with Crippen LogP contribution in [-0.4, -0.2) is 65.4 Å². The van der Waals surface area contributed by atoms with Crippen LogP contribution >= 0.6 is 0 Å². The van der Waals surface area contributed by atoms with E-state index in [1.54, 1.807) is 24.0 Å². The molecule has 1 amide bonds. The van der Waals surface area contributed by atoms with Crippen molar-refractivity contribution in [3.63, 3.8) is 0 Å². The first-order valence-corrected chi connectivity index (χ1v) is 12.2. The fraction of sp³-hybridized carbons (Fsp3) is 0.318. The van der Waals surface area contributed by atoms with Crippen LogP contribution in [0.15, 0.2) is 59.0 Å². The van der Waals surface area contributed by atoms with Gasteiger partial charge in [0, 0.05) is 25.4 Å². The number of amides is 1. The molecule has 184 valence electrons. The third-order valence-electron chi connectivity index (χ3n) is 5.21. The third kappa shape index (κ3) is 5.81. The van der Waals surface area contributed by atoms with E-state index in [1.807, 2.05) is 0 Å². The summed E-state index contributed by atoms with van der Waals surface area (Å²) in [5.41, 5.74) is 0.899. The number of rotatable bonds is 9. The Hall–Kier alpha value is -3.84. The van der Waals surface area contributed by atoms with Crippen molar-refractivity contribution in [2.75, 3.05) is 25.6 Å². The standard InChI is InChI=1S/C22H24N6O6S/c1-28-9-7-16(26-28)13-34-27-21(22(29)25-19-11-24-20(32-2)12-23-19)15-3-5-17(6-4-15)35(30,31)18-8-10-33-14-18/h3-7,9,11-12,18H,8,10,13-14H2,1-2H3,(H,23,25,29)/b27-21+/t18-/m0/s1. The predicted molar refractivity (Wildman–Crippen MR) is 125 cm³/mol. The van der Waals surface area contributed by atoms with Gasteiger partial charge in [0.1, 0.15) is 5.69 Å². The van der Waals surface area contributed by atoms with Gasteiger partial charge < -0.3 is 19.6 Å². The monoisotopic (exact) mass is 500 g/mol. The molecule has 0 spiro atoms. The third-order valence-corrected chi connectivity index (χ3v) is 7.39. The maximum atomic E-state index is 13.0. The molecule has 1 aliphatic rings. The number of nitrogens with zero attached hydrogens (tertiary/aromatic N) is 5. The average Bonchev–Trinajstić information content (AvgIpc) is 3.55. The van der Waals surface area contributed by atoms with Crippen LogP contribution in [0.1, 0.15) is 17.7 Å². The zero-order valence-corrected chi connectivity index (χ0v) is 19.9. The van der Waals surface area contributed by atoms with Crippen LogP contribution in [-0.2, 0) is 37.9 Å². The molecule has 13 heteroatoms. The maximum absolute atomic E-state index is 13.0. The number of aryl methyl sites for hydroxylation is 1. The molecule has 0 unspecified atom stereocenters. The molecule has 2 aromatic heterocycles. The van der Waals surface area contributed by atoms with Gasteiger partial charge in [0.25, 0.3) is 5.91 Å². The Labute approximate surface area is 201 Å². The number of carbonyl (C=O) groups is 1. The normalized spacial score (nSPS) is 16.2. The summed E-state index contributed by atoms with van der Waals surface area (Å²) in [5, 5.41) is 10.2. The first-order chi connectivity index (χ1) is 16.9. The molecule has 3 heterocycles. The van der Waals surface area contributed by atoms with Gasteiger partial charge in [-0.3, -0.25) is 9.48 Å². The highest BCUT2D eigenvalue weighted by Gasteiger charge is 2.31. The summed E-state index contributed by atoms with van der Waals surface area (Å²) in [4.78, 5) is 26.6. The Morgan fingerprint density at radius 1 is 1.23 bits per heavy atom. The van der Waals surface area contributed by atoms with Crippen LogP contribution in [0.25, 0.3) is 0 Å². The second-order valence-electron chi connectivity index (χ2n) is 7.65. The lowest BCUT2D eigenvalue weighted by atomic mass is 10.1. The summed E-state index contributed by atoms with van der Waals surface area (Å²) < 4.78 is 37.5. The fourth-order valence-electron chi connectivity index (χ4n) is 3.34. The van der Waals surface area contributed by atoms with Gasteiger partial charge >= 0.3 is 0 Å². The number of oxime groups is 1. The number of hydrogen-bond donors (Lipinski definition) is 1. The number of sulfone groups is 1. The number of nitrogens with one attached hydrogen (secondary N) is 1. The molecule has 1 fully saturated rings. The number of ether oxygens (including phenoxy) is 2. The smallest absolute Gasteiger partial charge is 0.279 e. The lowest BCUT2D eigenvalue weighted by molar-refractivity contribution is -0.110. The molecule has 3 aromatic rings. The highest BCUT2D eigenvalue weighted by molar-refractivity contribution is 7.92. The Morgan fingerprint density at radius 3 is 2.63 bits per heavy atom. The quantitative estimate of drug-likeness (QED) is 0.339. The molecule has 1 atom stereocenters. The summed E-state index contributed by atoms with van der Waals surface area (Å²) in [6.07, 6.45) is 4.90. The summed E-state index contributed by atoms with van der Waals surface area (Å²) in [5.74, 6) is -0.154. The molecular formula is C22H24N6O6S. The van der Waals surface area contributed by atoms with Crippen molar-refractivity contribution in [3.8, 4) is 5.88 Å². The van der Waals surface area contributed by atoms with Gasteiger partial charge in [-0.15, -0.1) is 0 Å². The highest BCUT2D eigenvalue weighted by atomic mass is 32.2. The van der Waals surface area contributed by atoms with Crippen LogP contribution < -0.4 is 10.1 Å². The molecular weight excluding hydrogens is 476 g/mol. The Bertz CT molecular complexity index is 1300. The zero-order valence-electron chi connectivity index (χ0n) is 19.1. The second-order valence-corrected chi connectivity index (χ2v) is 9.88. The topological polar surface area (TPSA) is 147 Å². The summed E-state index contributed by atoms with van der Waals surface area (Å²) >= 11 is 0. The molecule has 1 N–H and O–H groups in total. The lowest BCUT2D eigenvalue weighted by Gasteiger charge is -2.11. The van der Waals surface area contributed by atoms with Crippen LogP contribution in [0.2, 0.25) is 0 Å². The van der Waals surface area contributed by atoms with Gasteiger partial charge in [-0.2, -0.15) is 5.10 Å². The molecule has 1 saturated heterocycles. The van der Waals surface area contributed by atoms with E-state index in [9.17, 15) is 13.2 Å². The maximum Gasteiger partial charge on any atom is 0.279 e. The molecule has 0 saturated carbocycles. The molecule has 0 aliphatic carbocycles. The van der Waals surface area contributed by atoms with E-state index in [-0.39, 0.29) is 29.6 Å². The van der Waals surface area contributed by atoms with E-state index < -0.39 is 21.0 Å². The predicted octanol–water partition coefficient (Wildman–Crippen LogP) is 1.34. The van der Waals surface area contributed by atoms with Crippen molar-refractivity contribution in [3.05, 3.63) is 60.2 Å². The Balaban J connectivity index is 1.57. The zero-order chi connectivity index (χ0) is 24.8. The number of methoxy groups -OCH3 is 1. The summed E-state index contributed by atoms with van der Waals surface area (Å²) in [6, 6.07) is 7.65. The first kappa shape index (κ1) is 24.3. The van der Waals surface area contributed by atoms with Gasteiger partial charge in [0.05, 0.1) is 36.3 Å². The Kier molecular flexibility index (Phi) is 7.36. The number of hydrogen-bond acceptors (Lipinski definition) is 10. The van der Waals surface area contributed by atoms with Crippen LogP contribution in [0.3, 0.4) is 0 Å². The van der Waals surface area contributed by atoms with Crippen LogP contribution in [0, 0.1) is 0 Å². The Morgan fingerprint density at radius 2 is 2.03 bits per heavy atom. The molecule has 0 bridgehead atoms. The van der Waals surface area contributed by atoms with Crippen molar-refractivity contribution in [2.24, 2.45) is 12.2 Å². The summed E-state index contributed by atoms with van der Waals surface area (Å²) in [6.45, 7) is 0.623. The molecule has 1 aromatic carbocycles. The van der Waals surface area contributed by atoms with E-state index in [0.29, 0.717) is 30.2 Å². The first-order valence-electron chi connectivity index (χ1n) is 10.6. The van der Waals surface area contributed by atoms with Crippen molar-refractivity contribution >= 4 is 27.3 Å². The highest BCUT2D eigenvalue weighted by Crippen LogP contribution is 2.23. The van der Waals surface area contributed by atoms with Gasteiger partial charge in [0.2, 0.25) is 5.88 Å². The minimum Gasteiger partial charge on any atom is -0.480 e. The van der Waals surface area contributed by atoms with E-state index in [1.165, 1.54) is 43.8 Å². The largest absolute Gasteiger partial charge is 0.480 e. The molecule has 35 heavy (non-hydrogen) atoms. The number of aromatic nitrogens is 4. The SMILES string of the molecule is COc1cnc(NC(=O)/C(=N/OCc2ccn(C)n2)c2ccc(S(=O)(=O)[C@H]3CCOC3)cc2)cn1. The van der Waals surface area contributed by atoms with E-state index in [2.05, 4.69) is 25.5 Å². The number of carbonyl (C=O) groups excluding carboxylic acids is 1. The fourth-order valence-corrected chi connectivity index (χ4v) is 4.92. The lowest BCUT2D eigenvalue weighted by Crippen LogP contribution is -2.25. The van der Waals surface area contributed by atoms with Gasteiger partial charge in [-0.25, -0.2) is 18.4 Å². The van der Waals surface area contributed by atoms with Crippen molar-refractivity contribution in [2.45, 2.75) is 23.2 Å². The van der Waals surface area contributed by atoms with Gasteiger partial charge in [-0.05, 0) is 24.6 Å². The van der Waals surface area contributed by atoms with Gasteiger partial charge in [-0.1, -0.05) is 17.3 Å². The molecule has 0 radical (unpaired) electrons. The van der Waals surface area contributed by atoms with E-state index in [4.69, 9.17) is 14.3 Å². The molecule has 1 aliphatic heterocycles. The van der Waals surface area contributed by atoms with E-state index in [0.717, 1.165) is 0 Å². The number of anilines is 1. The minimum atomic E-state index is -3.54. The van der Waals surface area contributed by atoms with Crippen molar-refractivity contribution in [1.82, 2.24) is 19.7 Å². The minimum absolute atomic E-state index is 0.0358. The van der Waals surface area contributed by atoms with Crippen LogP contribution in [0.4, 0.5) is 5.82 Å². The van der Waals surface area contributed by atoms with Crippen molar-refractivity contribution < 1.29 is 27.5 Å². The van der Waals surface area contributed by atoms with E-state index >= 15 is 0 Å². The van der Waals surface area contributed by atoms with Gasteiger partial charge in [0.15, 0.2) is 28.0 Å².